The Labute approximate surface area is 117 Å². The van der Waals surface area contributed by atoms with Crippen LogP contribution in [0.15, 0.2) is 9.64 Å². The van der Waals surface area contributed by atoms with Crippen LogP contribution in [-0.4, -0.2) is 41.5 Å². The lowest BCUT2D eigenvalue weighted by molar-refractivity contribution is -0.919. The SMILES string of the molecule is CNC(=O)[C@H](C)Sc1nnc(C[NH+]2CCCCC2)o1. The predicted molar refractivity (Wildman–Crippen MR) is 71.9 cm³/mol. The fourth-order valence-electron chi connectivity index (χ4n) is 2.21. The molecule has 1 aromatic rings. The number of likely N-dealkylation sites (tertiary alicyclic amines) is 1. The number of thioether (sulfide) groups is 1. The van der Waals surface area contributed by atoms with Crippen molar-refractivity contribution in [1.82, 2.24) is 15.5 Å². The first-order valence-corrected chi connectivity index (χ1v) is 7.61. The number of quaternary nitrogens is 1. The molecule has 106 valence electrons. The van der Waals surface area contributed by atoms with Crippen LogP contribution in [-0.2, 0) is 11.3 Å². The maximum Gasteiger partial charge on any atom is 0.277 e. The van der Waals surface area contributed by atoms with Crippen molar-refractivity contribution in [2.24, 2.45) is 0 Å². The van der Waals surface area contributed by atoms with E-state index in [4.69, 9.17) is 4.42 Å². The van der Waals surface area contributed by atoms with Crippen LogP contribution in [0.2, 0.25) is 0 Å². The van der Waals surface area contributed by atoms with Gasteiger partial charge in [0.05, 0.1) is 18.3 Å². The van der Waals surface area contributed by atoms with Crippen molar-refractivity contribution in [1.29, 1.82) is 0 Å². The summed E-state index contributed by atoms with van der Waals surface area (Å²) in [6, 6.07) is 0. The number of piperidine rings is 1. The molecule has 1 fully saturated rings. The maximum absolute atomic E-state index is 11.4. The summed E-state index contributed by atoms with van der Waals surface area (Å²) < 4.78 is 5.59. The highest BCUT2D eigenvalue weighted by Gasteiger charge is 2.20. The van der Waals surface area contributed by atoms with Gasteiger partial charge < -0.3 is 14.6 Å². The van der Waals surface area contributed by atoms with Gasteiger partial charge in [-0.25, -0.2) is 0 Å². The molecule has 1 aliphatic rings. The summed E-state index contributed by atoms with van der Waals surface area (Å²) in [6.45, 7) is 4.98. The average Bonchev–Trinajstić information content (AvgIpc) is 2.86. The lowest BCUT2D eigenvalue weighted by Crippen LogP contribution is -3.11. The molecule has 0 saturated carbocycles. The number of amides is 1. The Kier molecular flexibility index (Phi) is 5.21. The summed E-state index contributed by atoms with van der Waals surface area (Å²) in [6.07, 6.45) is 3.88. The van der Waals surface area contributed by atoms with Crippen molar-refractivity contribution < 1.29 is 14.1 Å². The van der Waals surface area contributed by atoms with Crippen LogP contribution in [0.3, 0.4) is 0 Å². The van der Waals surface area contributed by atoms with Gasteiger partial charge in [-0.2, -0.15) is 0 Å². The van der Waals surface area contributed by atoms with Crippen LogP contribution in [0.5, 0.6) is 0 Å². The number of hydrogen-bond donors (Lipinski definition) is 2. The first-order valence-electron chi connectivity index (χ1n) is 6.73. The van der Waals surface area contributed by atoms with Gasteiger partial charge in [-0.1, -0.05) is 11.8 Å². The Balaban J connectivity index is 1.86. The van der Waals surface area contributed by atoms with E-state index < -0.39 is 0 Å². The Morgan fingerprint density at radius 3 is 2.84 bits per heavy atom. The van der Waals surface area contributed by atoms with E-state index in [1.807, 2.05) is 6.92 Å². The quantitative estimate of drug-likeness (QED) is 0.737. The number of carbonyl (C=O) groups is 1. The van der Waals surface area contributed by atoms with Gasteiger partial charge in [0.15, 0.2) is 6.54 Å². The third-order valence-electron chi connectivity index (χ3n) is 3.30. The average molecular weight is 285 g/mol. The topological polar surface area (TPSA) is 72.5 Å². The Morgan fingerprint density at radius 1 is 1.42 bits per heavy atom. The van der Waals surface area contributed by atoms with Crippen LogP contribution in [0, 0.1) is 0 Å². The van der Waals surface area contributed by atoms with Crippen molar-refractivity contribution in [3.8, 4) is 0 Å². The molecular formula is C12H21N4O2S+. The number of aromatic nitrogens is 2. The normalized spacial score (nSPS) is 18.2. The van der Waals surface area contributed by atoms with Crippen LogP contribution in [0.4, 0.5) is 0 Å². The minimum absolute atomic E-state index is 0.0357. The standard InChI is InChI=1S/C12H20N4O2S/c1-9(11(17)13-2)19-12-15-14-10(18-12)8-16-6-4-3-5-7-16/h9H,3-8H2,1-2H3,(H,13,17)/p+1/t9-/m0/s1. The Morgan fingerprint density at radius 2 is 2.16 bits per heavy atom. The summed E-state index contributed by atoms with van der Waals surface area (Å²) in [5, 5.41) is 10.9. The van der Waals surface area contributed by atoms with Crippen LogP contribution in [0.1, 0.15) is 32.1 Å². The molecule has 1 amide bonds. The third kappa shape index (κ3) is 4.21. The second-order valence-corrected chi connectivity index (χ2v) is 6.12. The van der Waals surface area contributed by atoms with Gasteiger partial charge in [0.1, 0.15) is 0 Å². The minimum atomic E-state index is -0.222. The summed E-state index contributed by atoms with van der Waals surface area (Å²) in [5.74, 6) is 0.634. The zero-order valence-electron chi connectivity index (χ0n) is 11.4. The number of nitrogens with zero attached hydrogens (tertiary/aromatic N) is 2. The second-order valence-electron chi connectivity index (χ2n) is 4.82. The zero-order chi connectivity index (χ0) is 13.7. The molecule has 1 aliphatic heterocycles. The summed E-state index contributed by atoms with van der Waals surface area (Å²) >= 11 is 1.30. The van der Waals surface area contributed by atoms with E-state index in [2.05, 4.69) is 15.5 Å². The van der Waals surface area contributed by atoms with Crippen molar-refractivity contribution in [2.75, 3.05) is 20.1 Å². The highest BCUT2D eigenvalue weighted by molar-refractivity contribution is 8.00. The van der Waals surface area contributed by atoms with Crippen molar-refractivity contribution in [3.63, 3.8) is 0 Å². The molecule has 0 unspecified atom stereocenters. The molecule has 1 aromatic heterocycles. The third-order valence-corrected chi connectivity index (χ3v) is 4.24. The highest BCUT2D eigenvalue weighted by Crippen LogP contribution is 2.21. The number of nitrogens with one attached hydrogen (secondary N) is 2. The van der Waals surface area contributed by atoms with Gasteiger partial charge in [-0.05, 0) is 26.2 Å². The molecule has 0 aliphatic carbocycles. The molecule has 6 nitrogen and oxygen atoms in total. The lowest BCUT2D eigenvalue weighted by Gasteiger charge is -2.21. The molecule has 0 bridgehead atoms. The Bertz CT molecular complexity index is 418. The molecule has 7 heteroatoms. The molecular weight excluding hydrogens is 264 g/mol. The molecule has 1 atom stereocenters. The minimum Gasteiger partial charge on any atom is -0.410 e. The van der Waals surface area contributed by atoms with Gasteiger partial charge in [-0.3, -0.25) is 4.79 Å². The summed E-state index contributed by atoms with van der Waals surface area (Å²) in [5.41, 5.74) is 0. The predicted octanol–water partition coefficient (Wildman–Crippen LogP) is -0.135. The molecule has 2 heterocycles. The molecule has 0 aromatic carbocycles. The maximum atomic E-state index is 11.4. The van der Waals surface area contributed by atoms with Gasteiger partial charge in [0.25, 0.3) is 11.1 Å². The van der Waals surface area contributed by atoms with Crippen molar-refractivity contribution in [3.05, 3.63) is 5.89 Å². The summed E-state index contributed by atoms with van der Waals surface area (Å²) in [4.78, 5) is 12.9. The van der Waals surface area contributed by atoms with E-state index in [1.54, 1.807) is 7.05 Å². The molecule has 0 spiro atoms. The van der Waals surface area contributed by atoms with Gasteiger partial charge >= 0.3 is 0 Å². The van der Waals surface area contributed by atoms with Crippen molar-refractivity contribution >= 4 is 17.7 Å². The van der Waals surface area contributed by atoms with Crippen LogP contribution in [0.25, 0.3) is 0 Å². The van der Waals surface area contributed by atoms with E-state index in [1.165, 1.54) is 49.0 Å². The molecule has 2 N–H and O–H groups in total. The van der Waals surface area contributed by atoms with Crippen LogP contribution >= 0.6 is 11.8 Å². The number of rotatable bonds is 5. The van der Waals surface area contributed by atoms with Gasteiger partial charge in [-0.15, -0.1) is 10.2 Å². The monoisotopic (exact) mass is 285 g/mol. The Hall–Kier alpha value is -1.08. The number of carbonyl (C=O) groups excluding carboxylic acids is 1. The van der Waals surface area contributed by atoms with E-state index in [0.29, 0.717) is 11.1 Å². The summed E-state index contributed by atoms with van der Waals surface area (Å²) in [7, 11) is 1.62. The first kappa shape index (κ1) is 14.3. The fraction of sp³-hybridized carbons (Fsp3) is 0.750. The number of hydrogen-bond acceptors (Lipinski definition) is 5. The van der Waals surface area contributed by atoms with E-state index in [9.17, 15) is 4.79 Å². The van der Waals surface area contributed by atoms with Gasteiger partial charge in [0, 0.05) is 7.05 Å². The lowest BCUT2D eigenvalue weighted by atomic mass is 10.1. The van der Waals surface area contributed by atoms with Crippen molar-refractivity contribution in [2.45, 2.75) is 43.2 Å². The largest absolute Gasteiger partial charge is 0.410 e. The fourth-order valence-corrected chi connectivity index (χ4v) is 2.97. The molecule has 0 radical (unpaired) electrons. The zero-order valence-corrected chi connectivity index (χ0v) is 12.3. The molecule has 1 saturated heterocycles. The first-order chi connectivity index (χ1) is 9.19. The van der Waals surface area contributed by atoms with Gasteiger partial charge in [0.2, 0.25) is 5.91 Å². The van der Waals surface area contributed by atoms with E-state index >= 15 is 0 Å². The second kappa shape index (κ2) is 6.91. The van der Waals surface area contributed by atoms with Crippen LogP contribution < -0.4 is 10.2 Å². The highest BCUT2D eigenvalue weighted by atomic mass is 32.2. The molecule has 2 rings (SSSR count). The molecule has 19 heavy (non-hydrogen) atoms. The smallest absolute Gasteiger partial charge is 0.277 e. The van der Waals surface area contributed by atoms with E-state index in [-0.39, 0.29) is 11.2 Å². The van der Waals surface area contributed by atoms with E-state index in [0.717, 1.165) is 6.54 Å².